The zero-order valence-corrected chi connectivity index (χ0v) is 16.6. The van der Waals surface area contributed by atoms with Crippen molar-refractivity contribution in [1.29, 1.82) is 0 Å². The summed E-state index contributed by atoms with van der Waals surface area (Å²) < 4.78 is 0. The Morgan fingerprint density at radius 1 is 1.15 bits per heavy atom. The highest BCUT2D eigenvalue weighted by Gasteiger charge is 2.51. The molecule has 1 aromatic carbocycles. The van der Waals surface area contributed by atoms with E-state index in [4.69, 9.17) is 0 Å². The van der Waals surface area contributed by atoms with E-state index in [9.17, 15) is 9.59 Å². The van der Waals surface area contributed by atoms with E-state index in [1.807, 2.05) is 30.1 Å². The lowest BCUT2D eigenvalue weighted by Crippen LogP contribution is -2.49. The summed E-state index contributed by atoms with van der Waals surface area (Å²) >= 11 is 0. The molecule has 0 aromatic heterocycles. The van der Waals surface area contributed by atoms with E-state index in [0.29, 0.717) is 25.4 Å². The summed E-state index contributed by atoms with van der Waals surface area (Å²) in [4.78, 5) is 31.9. The van der Waals surface area contributed by atoms with E-state index in [2.05, 4.69) is 18.0 Å². The lowest BCUT2D eigenvalue weighted by Gasteiger charge is -2.38. The monoisotopic (exact) mass is 369 g/mol. The third kappa shape index (κ3) is 3.27. The molecule has 0 N–H and O–H groups in total. The highest BCUT2D eigenvalue weighted by molar-refractivity contribution is 6.07. The molecule has 146 valence electrons. The van der Waals surface area contributed by atoms with Crippen LogP contribution < -0.4 is 4.90 Å². The maximum Gasteiger partial charge on any atom is 0.237 e. The van der Waals surface area contributed by atoms with Gasteiger partial charge in [0, 0.05) is 38.8 Å². The fraction of sp³-hybridized carbons (Fsp3) is 0.636. The van der Waals surface area contributed by atoms with Crippen molar-refractivity contribution in [3.8, 4) is 0 Å². The van der Waals surface area contributed by atoms with Gasteiger partial charge in [0.1, 0.15) is 0 Å². The minimum Gasteiger partial charge on any atom is -0.343 e. The molecule has 0 aliphatic carbocycles. The van der Waals surface area contributed by atoms with Gasteiger partial charge in [0.05, 0.1) is 5.41 Å². The van der Waals surface area contributed by atoms with Crippen molar-refractivity contribution in [2.24, 2.45) is 5.92 Å². The number of likely N-dealkylation sites (N-methyl/N-ethyl adjacent to an activating group) is 1. The van der Waals surface area contributed by atoms with Crippen LogP contribution in [0, 0.1) is 5.92 Å². The Morgan fingerprint density at radius 2 is 1.89 bits per heavy atom. The fourth-order valence-corrected chi connectivity index (χ4v) is 5.33. The Labute approximate surface area is 162 Å². The number of hydrogen-bond donors (Lipinski definition) is 0. The number of rotatable bonds is 3. The summed E-state index contributed by atoms with van der Waals surface area (Å²) in [5.41, 5.74) is 1.76. The zero-order valence-electron chi connectivity index (χ0n) is 16.6. The van der Waals surface area contributed by atoms with E-state index in [0.717, 1.165) is 37.1 Å². The lowest BCUT2D eigenvalue weighted by molar-refractivity contribution is -0.135. The van der Waals surface area contributed by atoms with Gasteiger partial charge in [0.25, 0.3) is 0 Å². The molecule has 0 saturated carbocycles. The molecule has 4 rings (SSSR count). The average molecular weight is 370 g/mol. The predicted octanol–water partition coefficient (Wildman–Crippen LogP) is 2.65. The predicted molar refractivity (Wildman–Crippen MR) is 107 cm³/mol. The van der Waals surface area contributed by atoms with Crippen LogP contribution in [-0.2, 0) is 15.0 Å². The van der Waals surface area contributed by atoms with Crippen LogP contribution in [0.25, 0.3) is 0 Å². The first-order valence-electron chi connectivity index (χ1n) is 10.4. The molecule has 27 heavy (non-hydrogen) atoms. The Kier molecular flexibility index (Phi) is 4.97. The van der Waals surface area contributed by atoms with Gasteiger partial charge in [-0.2, -0.15) is 0 Å². The first-order chi connectivity index (χ1) is 13.0. The largest absolute Gasteiger partial charge is 0.343 e. The van der Waals surface area contributed by atoms with Crippen molar-refractivity contribution in [2.75, 3.05) is 45.2 Å². The highest BCUT2D eigenvalue weighted by Crippen LogP contribution is 2.47. The van der Waals surface area contributed by atoms with Crippen LogP contribution in [0.15, 0.2) is 24.3 Å². The number of anilines is 1. The molecule has 1 atom stereocenters. The van der Waals surface area contributed by atoms with Crippen LogP contribution in [0.2, 0.25) is 0 Å². The Balaban J connectivity index is 1.36. The van der Waals surface area contributed by atoms with E-state index >= 15 is 0 Å². The molecular weight excluding hydrogens is 338 g/mol. The lowest BCUT2D eigenvalue weighted by atomic mass is 9.73. The number of amides is 2. The first kappa shape index (κ1) is 18.5. The number of likely N-dealkylation sites (tertiary alicyclic amines) is 2. The van der Waals surface area contributed by atoms with Gasteiger partial charge >= 0.3 is 0 Å². The molecule has 2 amide bonds. The Morgan fingerprint density at radius 3 is 2.63 bits per heavy atom. The number of carbonyl (C=O) groups is 2. The minimum atomic E-state index is -0.422. The number of benzene rings is 1. The van der Waals surface area contributed by atoms with Gasteiger partial charge in [-0.05, 0) is 63.2 Å². The quantitative estimate of drug-likeness (QED) is 0.823. The first-order valence-corrected chi connectivity index (χ1v) is 10.4. The van der Waals surface area contributed by atoms with Crippen molar-refractivity contribution in [1.82, 2.24) is 9.80 Å². The molecule has 3 aliphatic rings. The summed E-state index contributed by atoms with van der Waals surface area (Å²) in [7, 11) is 4.04. The van der Waals surface area contributed by atoms with Gasteiger partial charge < -0.3 is 14.7 Å². The molecule has 2 fully saturated rings. The second-order valence-corrected chi connectivity index (χ2v) is 8.65. The van der Waals surface area contributed by atoms with Crippen LogP contribution >= 0.6 is 0 Å². The van der Waals surface area contributed by atoms with E-state index in [1.165, 1.54) is 19.4 Å². The molecule has 0 radical (unpaired) electrons. The van der Waals surface area contributed by atoms with E-state index in [1.54, 1.807) is 4.90 Å². The SMILES string of the molecule is CN1CCC[C@@H](CCC(=O)N2CCC3(CC2)C(=O)N(C)c2ccccc23)C1. The topological polar surface area (TPSA) is 43.9 Å². The van der Waals surface area contributed by atoms with Crippen LogP contribution in [0.4, 0.5) is 5.69 Å². The van der Waals surface area contributed by atoms with Crippen molar-refractivity contribution in [3.63, 3.8) is 0 Å². The van der Waals surface area contributed by atoms with Crippen molar-refractivity contribution < 1.29 is 9.59 Å². The minimum absolute atomic E-state index is 0.195. The van der Waals surface area contributed by atoms with Crippen molar-refractivity contribution in [3.05, 3.63) is 29.8 Å². The maximum atomic E-state index is 13.0. The van der Waals surface area contributed by atoms with E-state index in [-0.39, 0.29) is 11.8 Å². The number of carbonyl (C=O) groups excluding carboxylic acids is 2. The molecule has 3 aliphatic heterocycles. The van der Waals surface area contributed by atoms with Crippen LogP contribution in [-0.4, -0.2) is 61.9 Å². The van der Waals surface area contributed by atoms with Crippen LogP contribution in [0.1, 0.15) is 44.1 Å². The summed E-state index contributed by atoms with van der Waals surface area (Å²) in [6.07, 6.45) is 5.62. The number of fused-ring (bicyclic) bond motifs is 2. The summed E-state index contributed by atoms with van der Waals surface area (Å²) in [5.74, 6) is 1.12. The summed E-state index contributed by atoms with van der Waals surface area (Å²) in [6.45, 7) is 3.69. The van der Waals surface area contributed by atoms with Gasteiger partial charge in [-0.1, -0.05) is 18.2 Å². The van der Waals surface area contributed by atoms with Gasteiger partial charge in [-0.25, -0.2) is 0 Å². The highest BCUT2D eigenvalue weighted by atomic mass is 16.2. The van der Waals surface area contributed by atoms with Crippen LogP contribution in [0.5, 0.6) is 0 Å². The standard InChI is InChI=1S/C22H31N3O2/c1-23-13-5-6-17(16-23)9-10-20(26)25-14-11-22(12-15-25)18-7-3-4-8-19(18)24(2)21(22)27/h3-4,7-8,17H,5-6,9-16H2,1-2H3/t17-/m0/s1. The van der Waals surface area contributed by atoms with Crippen molar-refractivity contribution in [2.45, 2.75) is 43.9 Å². The van der Waals surface area contributed by atoms with Crippen LogP contribution in [0.3, 0.4) is 0 Å². The van der Waals surface area contributed by atoms with Gasteiger partial charge in [0.2, 0.25) is 11.8 Å². The second kappa shape index (κ2) is 7.27. The molecule has 3 heterocycles. The molecule has 5 nitrogen and oxygen atoms in total. The molecule has 5 heteroatoms. The zero-order chi connectivity index (χ0) is 19.0. The maximum absolute atomic E-state index is 13.0. The molecular formula is C22H31N3O2. The van der Waals surface area contributed by atoms with Crippen molar-refractivity contribution >= 4 is 17.5 Å². The van der Waals surface area contributed by atoms with Gasteiger partial charge in [0.15, 0.2) is 0 Å². The second-order valence-electron chi connectivity index (χ2n) is 8.65. The van der Waals surface area contributed by atoms with Gasteiger partial charge in [-0.3, -0.25) is 9.59 Å². The van der Waals surface area contributed by atoms with Gasteiger partial charge in [-0.15, -0.1) is 0 Å². The Bertz CT molecular complexity index is 724. The normalized spacial score (nSPS) is 25.1. The number of para-hydroxylation sites is 1. The molecule has 2 saturated heterocycles. The molecule has 1 spiro atoms. The number of nitrogens with zero attached hydrogens (tertiary/aromatic N) is 3. The third-order valence-corrected chi connectivity index (χ3v) is 6.95. The average Bonchev–Trinajstić information content (AvgIpc) is 2.89. The smallest absolute Gasteiger partial charge is 0.237 e. The number of hydrogen-bond acceptors (Lipinski definition) is 3. The molecule has 0 bridgehead atoms. The molecule has 0 unspecified atom stereocenters. The molecule has 1 aromatic rings. The fourth-order valence-electron chi connectivity index (χ4n) is 5.33. The Hall–Kier alpha value is -1.88. The summed E-state index contributed by atoms with van der Waals surface area (Å²) in [5, 5.41) is 0. The third-order valence-electron chi connectivity index (χ3n) is 6.95. The number of piperidine rings is 2. The van der Waals surface area contributed by atoms with E-state index < -0.39 is 5.41 Å². The summed E-state index contributed by atoms with van der Waals surface area (Å²) in [6, 6.07) is 8.13.